The van der Waals surface area contributed by atoms with Crippen LogP contribution >= 0.6 is 11.8 Å². The average Bonchev–Trinajstić information content (AvgIpc) is 2.84. The highest BCUT2D eigenvalue weighted by molar-refractivity contribution is 8.00. The third-order valence-electron chi connectivity index (χ3n) is 6.69. The zero-order valence-electron chi connectivity index (χ0n) is 20.5. The number of aryl methyl sites for hydroxylation is 2. The Morgan fingerprint density at radius 1 is 1.06 bits per heavy atom. The molecule has 1 heterocycles. The Bertz CT molecular complexity index is 941. The molecule has 3 rings (SSSR count). The number of ether oxygens (including phenoxy) is 1. The Kier molecular flexibility index (Phi) is 10.6. The van der Waals surface area contributed by atoms with E-state index in [0.29, 0.717) is 23.7 Å². The van der Waals surface area contributed by atoms with E-state index in [9.17, 15) is 14.0 Å². The molecule has 1 aliphatic heterocycles. The van der Waals surface area contributed by atoms with Gasteiger partial charge in [0.2, 0.25) is 0 Å². The number of thioether (sulfide) groups is 1. The van der Waals surface area contributed by atoms with Crippen LogP contribution in [0.15, 0.2) is 42.5 Å². The van der Waals surface area contributed by atoms with Gasteiger partial charge in [-0.15, -0.1) is 11.8 Å². The van der Waals surface area contributed by atoms with Gasteiger partial charge in [-0.05, 0) is 73.6 Å². The zero-order valence-corrected chi connectivity index (χ0v) is 21.3. The third-order valence-corrected chi connectivity index (χ3v) is 8.01. The standard InChI is InChI=1S/C29H37FO3S/c1-3-4-5-6-7-8-17-33-29(32)25-12-10-22(21(2)18-25)9-11-24-19-28(34-20-27(24)31)23-13-15-26(30)16-14-23/h10,12-16,18,24,28H,3-9,11,17,19-20H2,1-2H3. The van der Waals surface area contributed by atoms with Crippen LogP contribution in [0.4, 0.5) is 4.39 Å². The minimum atomic E-state index is -0.259. The monoisotopic (exact) mass is 484 g/mol. The summed E-state index contributed by atoms with van der Waals surface area (Å²) in [5.74, 6) is 0.329. The van der Waals surface area contributed by atoms with Gasteiger partial charge in [-0.1, -0.05) is 57.2 Å². The summed E-state index contributed by atoms with van der Waals surface area (Å²) in [6, 6.07) is 12.4. The summed E-state index contributed by atoms with van der Waals surface area (Å²) >= 11 is 1.65. The highest BCUT2D eigenvalue weighted by atomic mass is 32.2. The second kappa shape index (κ2) is 13.7. The van der Waals surface area contributed by atoms with Crippen molar-refractivity contribution in [1.29, 1.82) is 0 Å². The van der Waals surface area contributed by atoms with Crippen LogP contribution in [-0.4, -0.2) is 24.1 Å². The Hall–Kier alpha value is -2.14. The van der Waals surface area contributed by atoms with E-state index < -0.39 is 0 Å². The molecule has 0 aliphatic carbocycles. The van der Waals surface area contributed by atoms with E-state index in [1.165, 1.54) is 37.8 Å². The van der Waals surface area contributed by atoms with Crippen molar-refractivity contribution in [3.63, 3.8) is 0 Å². The Labute approximate surface area is 207 Å². The maximum atomic E-state index is 13.3. The van der Waals surface area contributed by atoms with E-state index in [1.807, 2.05) is 37.3 Å². The predicted octanol–water partition coefficient (Wildman–Crippen LogP) is 7.65. The lowest BCUT2D eigenvalue weighted by atomic mass is 9.88. The number of esters is 1. The number of halogens is 1. The van der Waals surface area contributed by atoms with Crippen LogP contribution in [0.3, 0.4) is 0 Å². The summed E-state index contributed by atoms with van der Waals surface area (Å²) < 4.78 is 18.7. The molecular formula is C29H37FO3S. The van der Waals surface area contributed by atoms with E-state index in [-0.39, 0.29) is 23.0 Å². The first-order valence-corrected chi connectivity index (χ1v) is 13.7. The number of benzene rings is 2. The van der Waals surface area contributed by atoms with Crippen molar-refractivity contribution < 1.29 is 18.7 Å². The number of hydrogen-bond donors (Lipinski definition) is 0. The van der Waals surface area contributed by atoms with Crippen molar-refractivity contribution in [2.45, 2.75) is 76.9 Å². The smallest absolute Gasteiger partial charge is 0.338 e. The first kappa shape index (κ1) is 26.5. The molecule has 5 heteroatoms. The summed E-state index contributed by atoms with van der Waals surface area (Å²) in [5, 5.41) is 0.230. The predicted molar refractivity (Wildman–Crippen MR) is 138 cm³/mol. The molecule has 1 saturated heterocycles. The fourth-order valence-corrected chi connectivity index (χ4v) is 5.83. The molecule has 0 aromatic heterocycles. The Morgan fingerprint density at radius 2 is 1.79 bits per heavy atom. The van der Waals surface area contributed by atoms with E-state index in [4.69, 9.17) is 4.74 Å². The molecule has 184 valence electrons. The summed E-state index contributed by atoms with van der Waals surface area (Å²) in [7, 11) is 0. The van der Waals surface area contributed by atoms with E-state index in [2.05, 4.69) is 6.92 Å². The van der Waals surface area contributed by atoms with Crippen LogP contribution in [0.5, 0.6) is 0 Å². The van der Waals surface area contributed by atoms with Crippen LogP contribution < -0.4 is 0 Å². The quantitative estimate of drug-likeness (QED) is 0.229. The fraction of sp³-hybridized carbons (Fsp3) is 0.517. The highest BCUT2D eigenvalue weighted by Gasteiger charge is 2.30. The second-order valence-electron chi connectivity index (χ2n) is 9.33. The Balaban J connectivity index is 1.47. The maximum Gasteiger partial charge on any atom is 0.338 e. The van der Waals surface area contributed by atoms with Crippen LogP contribution in [0.1, 0.15) is 90.6 Å². The molecule has 2 unspecified atom stereocenters. The second-order valence-corrected chi connectivity index (χ2v) is 10.5. The van der Waals surface area contributed by atoms with Gasteiger partial charge < -0.3 is 4.74 Å². The van der Waals surface area contributed by atoms with Gasteiger partial charge in [-0.2, -0.15) is 0 Å². The number of Topliss-reactive ketones (excluding diaryl/α,β-unsaturated/α-hetero) is 1. The van der Waals surface area contributed by atoms with Crippen molar-refractivity contribution in [1.82, 2.24) is 0 Å². The molecule has 0 radical (unpaired) electrons. The van der Waals surface area contributed by atoms with Gasteiger partial charge in [-0.3, -0.25) is 4.79 Å². The molecule has 1 aliphatic rings. The number of unbranched alkanes of at least 4 members (excludes halogenated alkanes) is 5. The van der Waals surface area contributed by atoms with Gasteiger partial charge in [0.15, 0.2) is 0 Å². The first-order chi connectivity index (χ1) is 16.5. The van der Waals surface area contributed by atoms with Gasteiger partial charge >= 0.3 is 5.97 Å². The number of hydrogen-bond acceptors (Lipinski definition) is 4. The first-order valence-electron chi connectivity index (χ1n) is 12.6. The van der Waals surface area contributed by atoms with E-state index in [0.717, 1.165) is 48.8 Å². The number of ketones is 1. The van der Waals surface area contributed by atoms with Gasteiger partial charge in [0.25, 0.3) is 0 Å². The van der Waals surface area contributed by atoms with E-state index >= 15 is 0 Å². The average molecular weight is 485 g/mol. The van der Waals surface area contributed by atoms with Gasteiger partial charge in [0, 0.05) is 11.2 Å². The molecule has 2 aromatic rings. The minimum Gasteiger partial charge on any atom is -0.462 e. The lowest BCUT2D eigenvalue weighted by Gasteiger charge is -2.28. The topological polar surface area (TPSA) is 43.4 Å². The number of carbonyl (C=O) groups is 2. The van der Waals surface area contributed by atoms with Crippen LogP contribution in [0.25, 0.3) is 0 Å². The van der Waals surface area contributed by atoms with Gasteiger partial charge in [0.05, 0.1) is 17.9 Å². The van der Waals surface area contributed by atoms with Crippen molar-refractivity contribution in [3.8, 4) is 0 Å². The molecule has 0 bridgehead atoms. The number of rotatable bonds is 12. The molecule has 0 spiro atoms. The van der Waals surface area contributed by atoms with Crippen LogP contribution in [0.2, 0.25) is 0 Å². The molecule has 1 fully saturated rings. The highest BCUT2D eigenvalue weighted by Crippen LogP contribution is 2.41. The summed E-state index contributed by atoms with van der Waals surface area (Å²) in [5.41, 5.74) is 3.90. The fourth-order valence-electron chi connectivity index (χ4n) is 4.51. The minimum absolute atomic E-state index is 0.0117. The molecule has 3 nitrogen and oxygen atoms in total. The normalized spacial score (nSPS) is 18.1. The molecule has 34 heavy (non-hydrogen) atoms. The molecule has 0 saturated carbocycles. The molecule has 2 aromatic carbocycles. The van der Waals surface area contributed by atoms with Gasteiger partial charge in [-0.25, -0.2) is 9.18 Å². The largest absolute Gasteiger partial charge is 0.462 e. The third kappa shape index (κ3) is 7.97. The summed E-state index contributed by atoms with van der Waals surface area (Å²) in [4.78, 5) is 24.9. The van der Waals surface area contributed by atoms with Gasteiger partial charge in [0.1, 0.15) is 11.6 Å². The molecule has 2 atom stereocenters. The molecular weight excluding hydrogens is 447 g/mol. The van der Waals surface area contributed by atoms with Crippen molar-refractivity contribution in [3.05, 3.63) is 70.5 Å². The van der Waals surface area contributed by atoms with Crippen LogP contribution in [0, 0.1) is 18.7 Å². The maximum absolute atomic E-state index is 13.3. The van der Waals surface area contributed by atoms with Crippen LogP contribution in [-0.2, 0) is 16.0 Å². The zero-order chi connectivity index (χ0) is 24.3. The van der Waals surface area contributed by atoms with Crippen molar-refractivity contribution >= 4 is 23.5 Å². The lowest BCUT2D eigenvalue weighted by Crippen LogP contribution is -2.25. The summed E-state index contributed by atoms with van der Waals surface area (Å²) in [6.07, 6.45) is 9.36. The summed E-state index contributed by atoms with van der Waals surface area (Å²) in [6.45, 7) is 4.69. The SMILES string of the molecule is CCCCCCCCOC(=O)c1ccc(CCC2CC(c3ccc(F)cc3)SCC2=O)c(C)c1. The Morgan fingerprint density at radius 3 is 2.53 bits per heavy atom. The van der Waals surface area contributed by atoms with Crippen molar-refractivity contribution in [2.24, 2.45) is 5.92 Å². The number of carbonyl (C=O) groups excluding carboxylic acids is 2. The van der Waals surface area contributed by atoms with Crippen molar-refractivity contribution in [2.75, 3.05) is 12.4 Å². The molecule has 0 N–H and O–H groups in total. The van der Waals surface area contributed by atoms with E-state index in [1.54, 1.807) is 11.8 Å². The molecule has 0 amide bonds. The lowest BCUT2D eigenvalue weighted by molar-refractivity contribution is -0.121.